The number of aryl methyl sites for hydroxylation is 4. The van der Waals surface area contributed by atoms with Crippen molar-refractivity contribution >= 4 is 11.8 Å². The minimum atomic E-state index is -0.524. The third kappa shape index (κ3) is 3.11. The summed E-state index contributed by atoms with van der Waals surface area (Å²) in [5.74, 6) is 0.458. The summed E-state index contributed by atoms with van der Waals surface area (Å²) in [5, 5.41) is 0. The summed E-state index contributed by atoms with van der Waals surface area (Å²) in [6, 6.07) is 5.44. The van der Waals surface area contributed by atoms with Gasteiger partial charge in [-0.3, -0.25) is 4.79 Å². The average molecular weight is 300 g/mol. The molecule has 2 aromatic rings. The number of ether oxygens (including phenoxy) is 1. The number of furan rings is 1. The summed E-state index contributed by atoms with van der Waals surface area (Å²) in [6.45, 7) is 8.95. The van der Waals surface area contributed by atoms with Crippen molar-refractivity contribution in [3.05, 3.63) is 57.5 Å². The van der Waals surface area contributed by atoms with Gasteiger partial charge >= 0.3 is 5.97 Å². The molecular formula is C18H20O4. The Kier molecular flexibility index (Phi) is 4.50. The Morgan fingerprint density at radius 3 is 2.23 bits per heavy atom. The molecule has 1 aromatic heterocycles. The molecule has 0 aliphatic carbocycles. The fourth-order valence-corrected chi connectivity index (χ4v) is 2.30. The van der Waals surface area contributed by atoms with Gasteiger partial charge in [-0.1, -0.05) is 12.1 Å². The van der Waals surface area contributed by atoms with Crippen LogP contribution in [0.5, 0.6) is 0 Å². The summed E-state index contributed by atoms with van der Waals surface area (Å²) in [4.78, 5) is 24.2. The molecule has 1 heterocycles. The van der Waals surface area contributed by atoms with Crippen LogP contribution in [0, 0.1) is 34.6 Å². The van der Waals surface area contributed by atoms with Crippen LogP contribution in [0.15, 0.2) is 22.6 Å². The van der Waals surface area contributed by atoms with Gasteiger partial charge in [0.15, 0.2) is 12.4 Å². The first-order chi connectivity index (χ1) is 10.3. The largest absolute Gasteiger partial charge is 0.465 e. The van der Waals surface area contributed by atoms with E-state index in [1.54, 1.807) is 26.8 Å². The number of carbonyl (C=O) groups is 2. The Morgan fingerprint density at radius 1 is 1.00 bits per heavy atom. The van der Waals surface area contributed by atoms with Gasteiger partial charge in [-0.2, -0.15) is 0 Å². The van der Waals surface area contributed by atoms with E-state index in [-0.39, 0.29) is 12.4 Å². The first-order valence-corrected chi connectivity index (χ1v) is 7.15. The van der Waals surface area contributed by atoms with Gasteiger partial charge in [-0.05, 0) is 51.8 Å². The van der Waals surface area contributed by atoms with E-state index in [9.17, 15) is 9.59 Å². The second-order valence-electron chi connectivity index (χ2n) is 5.51. The van der Waals surface area contributed by atoms with Crippen LogP contribution in [0.3, 0.4) is 0 Å². The predicted molar refractivity (Wildman–Crippen MR) is 83.4 cm³/mol. The number of ketones is 1. The van der Waals surface area contributed by atoms with E-state index in [2.05, 4.69) is 0 Å². The molecule has 1 aromatic carbocycles. The third-order valence-electron chi connectivity index (χ3n) is 3.93. The summed E-state index contributed by atoms with van der Waals surface area (Å²) < 4.78 is 10.5. The van der Waals surface area contributed by atoms with Gasteiger partial charge in [0.05, 0.1) is 0 Å². The van der Waals surface area contributed by atoms with Gasteiger partial charge in [-0.25, -0.2) is 4.79 Å². The van der Waals surface area contributed by atoms with Crippen LogP contribution in [-0.4, -0.2) is 18.4 Å². The Morgan fingerprint density at radius 2 is 1.68 bits per heavy atom. The van der Waals surface area contributed by atoms with E-state index >= 15 is 0 Å². The molecule has 0 N–H and O–H groups in total. The monoisotopic (exact) mass is 300 g/mol. The molecule has 0 unspecified atom stereocenters. The molecule has 0 saturated heterocycles. The molecule has 2 rings (SSSR count). The van der Waals surface area contributed by atoms with Crippen molar-refractivity contribution in [3.63, 3.8) is 0 Å². The summed E-state index contributed by atoms with van der Waals surface area (Å²) in [7, 11) is 0. The molecule has 0 atom stereocenters. The fraction of sp³-hybridized carbons (Fsp3) is 0.333. The maximum absolute atomic E-state index is 12.1. The van der Waals surface area contributed by atoms with E-state index in [0.29, 0.717) is 22.6 Å². The molecule has 0 saturated carbocycles. The highest BCUT2D eigenvalue weighted by molar-refractivity contribution is 6.00. The van der Waals surface area contributed by atoms with E-state index in [1.165, 1.54) is 0 Å². The summed E-state index contributed by atoms with van der Waals surface area (Å²) in [5.41, 5.74) is 3.86. The quantitative estimate of drug-likeness (QED) is 0.635. The Hall–Kier alpha value is -2.36. The molecule has 0 amide bonds. The number of carbonyl (C=O) groups excluding carboxylic acids is 2. The van der Waals surface area contributed by atoms with Gasteiger partial charge in [0.2, 0.25) is 0 Å². The zero-order valence-corrected chi connectivity index (χ0v) is 13.6. The molecule has 0 fully saturated rings. The third-order valence-corrected chi connectivity index (χ3v) is 3.93. The second-order valence-corrected chi connectivity index (χ2v) is 5.51. The minimum Gasteiger partial charge on any atom is -0.465 e. The van der Waals surface area contributed by atoms with E-state index in [4.69, 9.17) is 9.15 Å². The van der Waals surface area contributed by atoms with Crippen molar-refractivity contribution in [2.45, 2.75) is 34.6 Å². The van der Waals surface area contributed by atoms with Crippen LogP contribution >= 0.6 is 0 Å². The molecule has 0 aliphatic heterocycles. The van der Waals surface area contributed by atoms with Crippen molar-refractivity contribution in [2.24, 2.45) is 0 Å². The number of benzene rings is 1. The molecule has 0 bridgehead atoms. The zero-order valence-electron chi connectivity index (χ0n) is 13.6. The second kappa shape index (κ2) is 6.18. The van der Waals surface area contributed by atoms with Crippen LogP contribution in [-0.2, 0) is 4.74 Å². The predicted octanol–water partition coefficient (Wildman–Crippen LogP) is 3.86. The van der Waals surface area contributed by atoms with Crippen LogP contribution in [0.1, 0.15) is 48.9 Å². The molecule has 0 aliphatic rings. The summed E-state index contributed by atoms with van der Waals surface area (Å²) >= 11 is 0. The minimum absolute atomic E-state index is 0.216. The first kappa shape index (κ1) is 16.0. The SMILES string of the molecule is Cc1ccc(C(=O)COC(=O)c2c(C)oc(C)c2C)cc1C. The number of hydrogen-bond donors (Lipinski definition) is 0. The first-order valence-electron chi connectivity index (χ1n) is 7.15. The van der Waals surface area contributed by atoms with Gasteiger partial charge in [0, 0.05) is 11.1 Å². The number of hydrogen-bond acceptors (Lipinski definition) is 4. The van der Waals surface area contributed by atoms with Crippen LogP contribution in [0.4, 0.5) is 0 Å². The van der Waals surface area contributed by atoms with Gasteiger partial charge in [-0.15, -0.1) is 0 Å². The average Bonchev–Trinajstić information content (AvgIpc) is 2.72. The highest BCUT2D eigenvalue weighted by atomic mass is 16.5. The Bertz CT molecular complexity index is 738. The Labute approximate surface area is 130 Å². The van der Waals surface area contributed by atoms with Crippen LogP contribution < -0.4 is 0 Å². The van der Waals surface area contributed by atoms with Crippen molar-refractivity contribution in [3.8, 4) is 0 Å². The smallest absolute Gasteiger partial charge is 0.342 e. The fourth-order valence-electron chi connectivity index (χ4n) is 2.30. The lowest BCUT2D eigenvalue weighted by Gasteiger charge is -2.06. The molecule has 116 valence electrons. The molecule has 0 radical (unpaired) electrons. The number of rotatable bonds is 4. The number of Topliss-reactive ketones (excluding diaryl/α,β-unsaturated/α-hetero) is 1. The lowest BCUT2D eigenvalue weighted by atomic mass is 10.0. The van der Waals surface area contributed by atoms with Crippen LogP contribution in [0.2, 0.25) is 0 Å². The standard InChI is InChI=1S/C18H20O4/c1-10-6-7-15(8-11(10)2)16(19)9-21-18(20)17-12(3)13(4)22-14(17)5/h6-8H,9H2,1-5H3. The van der Waals surface area contributed by atoms with Crippen molar-refractivity contribution in [1.29, 1.82) is 0 Å². The maximum Gasteiger partial charge on any atom is 0.342 e. The van der Waals surface area contributed by atoms with Gasteiger partial charge < -0.3 is 9.15 Å². The maximum atomic E-state index is 12.1. The van der Waals surface area contributed by atoms with E-state index < -0.39 is 5.97 Å². The summed E-state index contributed by atoms with van der Waals surface area (Å²) in [6.07, 6.45) is 0. The Balaban J connectivity index is 2.07. The van der Waals surface area contributed by atoms with Crippen LogP contribution in [0.25, 0.3) is 0 Å². The molecule has 0 spiro atoms. The number of esters is 1. The van der Waals surface area contributed by atoms with Crippen molar-refractivity contribution in [2.75, 3.05) is 6.61 Å². The topological polar surface area (TPSA) is 56.5 Å². The van der Waals surface area contributed by atoms with E-state index in [0.717, 1.165) is 16.7 Å². The normalized spacial score (nSPS) is 10.6. The molecular weight excluding hydrogens is 280 g/mol. The van der Waals surface area contributed by atoms with E-state index in [1.807, 2.05) is 26.0 Å². The van der Waals surface area contributed by atoms with Gasteiger partial charge in [0.1, 0.15) is 17.1 Å². The lowest BCUT2D eigenvalue weighted by Crippen LogP contribution is -2.15. The molecule has 4 heteroatoms. The lowest BCUT2D eigenvalue weighted by molar-refractivity contribution is 0.0472. The highest BCUT2D eigenvalue weighted by Gasteiger charge is 2.21. The molecule has 22 heavy (non-hydrogen) atoms. The van der Waals surface area contributed by atoms with Gasteiger partial charge in [0.25, 0.3) is 0 Å². The highest BCUT2D eigenvalue weighted by Crippen LogP contribution is 2.21. The zero-order chi connectivity index (χ0) is 16.4. The van der Waals surface area contributed by atoms with Crippen molar-refractivity contribution < 1.29 is 18.7 Å². The molecule has 4 nitrogen and oxygen atoms in total. The van der Waals surface area contributed by atoms with Crippen molar-refractivity contribution in [1.82, 2.24) is 0 Å².